The number of aromatic nitrogens is 3. The van der Waals surface area contributed by atoms with Gasteiger partial charge in [-0.15, -0.1) is 0 Å². The number of ether oxygens (including phenoxy) is 1. The first-order chi connectivity index (χ1) is 16.0. The van der Waals surface area contributed by atoms with Gasteiger partial charge in [-0.2, -0.15) is 0 Å². The van der Waals surface area contributed by atoms with Crippen molar-refractivity contribution >= 4 is 35.1 Å². The van der Waals surface area contributed by atoms with Gasteiger partial charge in [0, 0.05) is 43.4 Å². The number of amides is 2. The van der Waals surface area contributed by atoms with E-state index in [2.05, 4.69) is 25.6 Å². The van der Waals surface area contributed by atoms with Crippen molar-refractivity contribution in [1.29, 1.82) is 0 Å². The normalized spacial score (nSPS) is 14.7. The van der Waals surface area contributed by atoms with Gasteiger partial charge in [0.25, 0.3) is 5.91 Å². The second-order valence-electron chi connectivity index (χ2n) is 7.34. The molecule has 3 aromatic rings. The Bertz CT molecular complexity index is 1140. The third-order valence-corrected chi connectivity index (χ3v) is 4.91. The fourth-order valence-corrected chi connectivity index (χ4v) is 3.44. The number of carbonyl (C=O) groups excluding carboxylic acids is 2. The molecule has 1 atom stereocenters. The molecule has 0 radical (unpaired) electrons. The van der Waals surface area contributed by atoms with Gasteiger partial charge >= 0.3 is 5.97 Å². The zero-order chi connectivity index (χ0) is 23.2. The van der Waals surface area contributed by atoms with E-state index in [1.54, 1.807) is 48.9 Å². The Kier molecular flexibility index (Phi) is 6.48. The van der Waals surface area contributed by atoms with Crippen LogP contribution in [0.1, 0.15) is 23.2 Å². The molecule has 0 saturated carbocycles. The predicted molar refractivity (Wildman–Crippen MR) is 119 cm³/mol. The number of nitrogens with one attached hydrogen (secondary N) is 3. The van der Waals surface area contributed by atoms with E-state index in [-0.39, 0.29) is 31.2 Å². The average molecular weight is 450 g/mol. The molecule has 11 nitrogen and oxygen atoms in total. The topological polar surface area (TPSA) is 150 Å². The third kappa shape index (κ3) is 5.45. The van der Waals surface area contributed by atoms with Gasteiger partial charge in [-0.1, -0.05) is 0 Å². The van der Waals surface area contributed by atoms with Crippen LogP contribution in [-0.4, -0.2) is 57.0 Å². The van der Waals surface area contributed by atoms with Gasteiger partial charge in [0.15, 0.2) is 5.95 Å². The highest BCUT2D eigenvalue weighted by Crippen LogP contribution is 2.37. The number of carboxylic acid groups (broad SMARTS) is 1. The number of aromatic amines is 1. The molecule has 1 aliphatic rings. The van der Waals surface area contributed by atoms with Gasteiger partial charge in [-0.3, -0.25) is 19.4 Å². The van der Waals surface area contributed by atoms with Gasteiger partial charge in [-0.05, 0) is 30.3 Å². The molecule has 1 aliphatic heterocycles. The number of hydrogen-bond donors (Lipinski definition) is 4. The number of nitrogens with zero attached hydrogens (tertiary/aromatic N) is 3. The Hall–Kier alpha value is -4.41. The largest absolute Gasteiger partial charge is 0.486 e. The highest BCUT2D eigenvalue weighted by Gasteiger charge is 2.32. The van der Waals surface area contributed by atoms with Gasteiger partial charge in [0.05, 0.1) is 24.2 Å². The van der Waals surface area contributed by atoms with Crippen LogP contribution in [0.15, 0.2) is 55.1 Å². The molecule has 1 unspecified atom stereocenters. The molecular weight excluding hydrogens is 428 g/mol. The molecule has 0 saturated heterocycles. The summed E-state index contributed by atoms with van der Waals surface area (Å²) in [5.74, 6) is -0.644. The van der Waals surface area contributed by atoms with E-state index in [9.17, 15) is 19.5 Å². The lowest BCUT2D eigenvalue weighted by molar-refractivity contribution is -0.138. The number of anilines is 3. The summed E-state index contributed by atoms with van der Waals surface area (Å²) in [6.45, 7) is 0.438. The van der Waals surface area contributed by atoms with Gasteiger partial charge in [-0.25, -0.2) is 4.98 Å². The number of imidazole rings is 1. The minimum Gasteiger partial charge on any atom is -0.486 e. The van der Waals surface area contributed by atoms with Crippen LogP contribution in [-0.2, 0) is 9.59 Å². The summed E-state index contributed by atoms with van der Waals surface area (Å²) in [6.07, 6.45) is 5.54. The van der Waals surface area contributed by atoms with Crippen LogP contribution in [0.3, 0.4) is 0 Å². The molecule has 11 heteroatoms. The minimum absolute atomic E-state index is 0.0531. The predicted octanol–water partition coefficient (Wildman–Crippen LogP) is 2.13. The molecule has 1 aromatic carbocycles. The number of fused-ring (bicyclic) bond motifs is 1. The average Bonchev–Trinajstić information content (AvgIpc) is 3.32. The molecule has 0 aliphatic carbocycles. The van der Waals surface area contributed by atoms with Crippen molar-refractivity contribution in [3.63, 3.8) is 0 Å². The first-order valence-corrected chi connectivity index (χ1v) is 10.3. The SMILES string of the molecule is O=C(O)CC1CN(C(=O)c2cccnc2)c2cc(NC(=O)CCNc3ncc[nH]3)ccc2O1. The minimum atomic E-state index is -1.02. The fourth-order valence-electron chi connectivity index (χ4n) is 3.44. The van der Waals surface area contributed by atoms with E-state index in [0.717, 1.165) is 0 Å². The Labute approximate surface area is 188 Å². The van der Waals surface area contributed by atoms with Crippen LogP contribution < -0.4 is 20.3 Å². The molecule has 0 spiro atoms. The Balaban J connectivity index is 1.50. The zero-order valence-electron chi connectivity index (χ0n) is 17.5. The van der Waals surface area contributed by atoms with E-state index >= 15 is 0 Å². The van der Waals surface area contributed by atoms with E-state index < -0.39 is 12.1 Å². The number of rotatable bonds is 8. The lowest BCUT2D eigenvalue weighted by atomic mass is 10.1. The smallest absolute Gasteiger partial charge is 0.307 e. The summed E-state index contributed by atoms with van der Waals surface area (Å²) in [5, 5.41) is 15.0. The summed E-state index contributed by atoms with van der Waals surface area (Å²) >= 11 is 0. The Morgan fingerprint density at radius 3 is 2.85 bits per heavy atom. The van der Waals surface area contributed by atoms with Crippen LogP contribution in [0.2, 0.25) is 0 Å². The van der Waals surface area contributed by atoms with Crippen molar-refractivity contribution in [2.24, 2.45) is 0 Å². The molecular formula is C22H22N6O5. The lowest BCUT2D eigenvalue weighted by Gasteiger charge is -2.34. The van der Waals surface area contributed by atoms with E-state index in [1.165, 1.54) is 11.1 Å². The number of carboxylic acids is 1. The zero-order valence-corrected chi connectivity index (χ0v) is 17.5. The van der Waals surface area contributed by atoms with E-state index in [1.807, 2.05) is 0 Å². The fraction of sp³-hybridized carbons (Fsp3) is 0.227. The van der Waals surface area contributed by atoms with Crippen LogP contribution in [0.4, 0.5) is 17.3 Å². The molecule has 0 fully saturated rings. The standard InChI is InChI=1S/C22H22N6O5/c29-19(5-7-24-22-25-8-9-26-22)27-15-3-4-18-17(10-15)28(13-16(33-18)11-20(30)31)21(32)14-2-1-6-23-12-14/h1-4,6,8-10,12,16H,5,7,11,13H2,(H,27,29)(H,30,31)(H2,24,25,26). The van der Waals surface area contributed by atoms with Crippen LogP contribution >= 0.6 is 0 Å². The summed E-state index contributed by atoms with van der Waals surface area (Å²) in [4.78, 5) is 49.1. The Morgan fingerprint density at radius 1 is 1.24 bits per heavy atom. The first kappa shape index (κ1) is 21.8. The number of carbonyl (C=O) groups is 3. The highest BCUT2D eigenvalue weighted by molar-refractivity contribution is 6.07. The second-order valence-corrected chi connectivity index (χ2v) is 7.34. The number of aliphatic carboxylic acids is 1. The summed E-state index contributed by atoms with van der Waals surface area (Å²) in [7, 11) is 0. The van der Waals surface area contributed by atoms with E-state index in [0.29, 0.717) is 35.2 Å². The van der Waals surface area contributed by atoms with E-state index in [4.69, 9.17) is 4.74 Å². The van der Waals surface area contributed by atoms with Crippen molar-refractivity contribution in [3.05, 3.63) is 60.7 Å². The third-order valence-electron chi connectivity index (χ3n) is 4.91. The number of pyridine rings is 1. The molecule has 170 valence electrons. The van der Waals surface area contributed by atoms with Crippen molar-refractivity contribution < 1.29 is 24.2 Å². The van der Waals surface area contributed by atoms with Gasteiger partial charge in [0.2, 0.25) is 5.91 Å². The van der Waals surface area contributed by atoms with Crippen molar-refractivity contribution in [1.82, 2.24) is 15.0 Å². The van der Waals surface area contributed by atoms with Crippen molar-refractivity contribution in [2.45, 2.75) is 18.9 Å². The van der Waals surface area contributed by atoms with Crippen LogP contribution in [0.25, 0.3) is 0 Å². The molecule has 4 N–H and O–H groups in total. The number of hydrogen-bond acceptors (Lipinski definition) is 7. The molecule has 0 bridgehead atoms. The maximum Gasteiger partial charge on any atom is 0.307 e. The molecule has 3 heterocycles. The second kappa shape index (κ2) is 9.81. The van der Waals surface area contributed by atoms with Crippen LogP contribution in [0.5, 0.6) is 5.75 Å². The monoisotopic (exact) mass is 450 g/mol. The number of benzene rings is 1. The Morgan fingerprint density at radius 2 is 2.12 bits per heavy atom. The summed E-state index contributed by atoms with van der Waals surface area (Å²) in [6, 6.07) is 8.18. The maximum atomic E-state index is 13.2. The molecule has 4 rings (SSSR count). The first-order valence-electron chi connectivity index (χ1n) is 10.3. The summed E-state index contributed by atoms with van der Waals surface area (Å²) in [5.41, 5.74) is 1.29. The molecule has 33 heavy (non-hydrogen) atoms. The maximum absolute atomic E-state index is 13.2. The van der Waals surface area contributed by atoms with Crippen LogP contribution in [0, 0.1) is 0 Å². The van der Waals surface area contributed by atoms with Crippen molar-refractivity contribution in [2.75, 3.05) is 28.6 Å². The van der Waals surface area contributed by atoms with Gasteiger partial charge in [0.1, 0.15) is 11.9 Å². The highest BCUT2D eigenvalue weighted by atomic mass is 16.5. The molecule has 2 aromatic heterocycles. The summed E-state index contributed by atoms with van der Waals surface area (Å²) < 4.78 is 5.80. The van der Waals surface area contributed by atoms with Crippen molar-refractivity contribution in [3.8, 4) is 5.75 Å². The van der Waals surface area contributed by atoms with Gasteiger partial charge < -0.3 is 30.4 Å². The quantitative estimate of drug-likeness (QED) is 0.408. The number of H-pyrrole nitrogens is 1. The molecule has 2 amide bonds. The lowest BCUT2D eigenvalue weighted by Crippen LogP contribution is -2.44.